The molecule has 1 aliphatic carbocycles. The molecule has 0 aromatic carbocycles. The van der Waals surface area contributed by atoms with E-state index < -0.39 is 0 Å². The van der Waals surface area contributed by atoms with Gasteiger partial charge in [0.1, 0.15) is 0 Å². The predicted octanol–water partition coefficient (Wildman–Crippen LogP) is 2.89. The molecule has 2 fully saturated rings. The summed E-state index contributed by atoms with van der Waals surface area (Å²) >= 11 is 3.61. The van der Waals surface area contributed by atoms with Crippen LogP contribution in [0.2, 0.25) is 0 Å². The van der Waals surface area contributed by atoms with Gasteiger partial charge in [-0.05, 0) is 44.1 Å². The molecule has 1 aliphatic heterocycles. The molecular formula is C11H20BrN. The second-order valence-electron chi connectivity index (χ2n) is 4.72. The zero-order valence-corrected chi connectivity index (χ0v) is 9.93. The van der Waals surface area contributed by atoms with Crippen molar-refractivity contribution in [1.82, 2.24) is 4.90 Å². The third-order valence-electron chi connectivity index (χ3n) is 3.56. The molecule has 1 unspecified atom stereocenters. The Kier molecular flexibility index (Phi) is 3.67. The molecule has 2 heteroatoms. The number of likely N-dealkylation sites (tertiary alicyclic amines) is 1. The van der Waals surface area contributed by atoms with E-state index in [1.165, 1.54) is 57.1 Å². The van der Waals surface area contributed by atoms with Crippen molar-refractivity contribution in [2.75, 3.05) is 25.0 Å². The molecule has 2 aliphatic rings. The largest absolute Gasteiger partial charge is 0.303 e. The van der Waals surface area contributed by atoms with E-state index in [4.69, 9.17) is 0 Å². The average molecular weight is 246 g/mol. The van der Waals surface area contributed by atoms with Crippen LogP contribution in [0.3, 0.4) is 0 Å². The number of piperidine rings is 1. The molecule has 0 amide bonds. The summed E-state index contributed by atoms with van der Waals surface area (Å²) in [5.74, 6) is 1.97. The molecule has 0 radical (unpaired) electrons. The molecule has 1 nitrogen and oxygen atoms in total. The molecule has 0 bridgehead atoms. The van der Waals surface area contributed by atoms with Crippen molar-refractivity contribution in [3.63, 3.8) is 0 Å². The number of rotatable bonds is 3. The first-order valence-electron chi connectivity index (χ1n) is 5.67. The SMILES string of the molecule is BrCC1CCCN(CC2CCC2)C1. The van der Waals surface area contributed by atoms with E-state index >= 15 is 0 Å². The Hall–Kier alpha value is 0.440. The Morgan fingerprint density at radius 2 is 1.85 bits per heavy atom. The van der Waals surface area contributed by atoms with Crippen molar-refractivity contribution in [1.29, 1.82) is 0 Å². The van der Waals surface area contributed by atoms with Crippen molar-refractivity contribution in [2.45, 2.75) is 32.1 Å². The lowest BCUT2D eigenvalue weighted by Crippen LogP contribution is -2.40. The van der Waals surface area contributed by atoms with Gasteiger partial charge < -0.3 is 4.90 Å². The fraction of sp³-hybridized carbons (Fsp3) is 1.00. The van der Waals surface area contributed by atoms with Gasteiger partial charge in [0.15, 0.2) is 0 Å². The summed E-state index contributed by atoms with van der Waals surface area (Å²) in [5.41, 5.74) is 0. The van der Waals surface area contributed by atoms with Crippen molar-refractivity contribution < 1.29 is 0 Å². The van der Waals surface area contributed by atoms with E-state index in [9.17, 15) is 0 Å². The minimum atomic E-state index is 0.925. The fourth-order valence-corrected chi connectivity index (χ4v) is 3.01. The van der Waals surface area contributed by atoms with Crippen LogP contribution in [0.1, 0.15) is 32.1 Å². The van der Waals surface area contributed by atoms with Crippen LogP contribution in [0, 0.1) is 11.8 Å². The molecule has 0 N–H and O–H groups in total. The predicted molar refractivity (Wildman–Crippen MR) is 60.3 cm³/mol. The topological polar surface area (TPSA) is 3.24 Å². The van der Waals surface area contributed by atoms with Gasteiger partial charge in [0.05, 0.1) is 0 Å². The Balaban J connectivity index is 1.71. The third-order valence-corrected chi connectivity index (χ3v) is 4.48. The number of halogens is 1. The van der Waals surface area contributed by atoms with Gasteiger partial charge in [-0.2, -0.15) is 0 Å². The highest BCUT2D eigenvalue weighted by molar-refractivity contribution is 9.09. The van der Waals surface area contributed by atoms with Crippen LogP contribution in [0.5, 0.6) is 0 Å². The first-order chi connectivity index (χ1) is 6.38. The van der Waals surface area contributed by atoms with E-state index in [1.54, 1.807) is 0 Å². The molecule has 1 saturated carbocycles. The molecule has 1 atom stereocenters. The molecule has 0 spiro atoms. The summed E-state index contributed by atoms with van der Waals surface area (Å²) < 4.78 is 0. The molecule has 0 aromatic heterocycles. The third kappa shape index (κ3) is 2.69. The Labute approximate surface area is 90.0 Å². The number of alkyl halides is 1. The maximum Gasteiger partial charge on any atom is 0.00718 e. The van der Waals surface area contributed by atoms with Gasteiger partial charge in [0, 0.05) is 18.4 Å². The van der Waals surface area contributed by atoms with Crippen molar-refractivity contribution in [2.24, 2.45) is 11.8 Å². The number of hydrogen-bond donors (Lipinski definition) is 0. The summed E-state index contributed by atoms with van der Waals surface area (Å²) in [5, 5.41) is 1.20. The van der Waals surface area contributed by atoms with E-state index in [0.717, 1.165) is 11.8 Å². The Morgan fingerprint density at radius 1 is 1.08 bits per heavy atom. The van der Waals surface area contributed by atoms with E-state index in [1.807, 2.05) is 0 Å². The quantitative estimate of drug-likeness (QED) is 0.692. The summed E-state index contributed by atoms with van der Waals surface area (Å²) in [6.45, 7) is 4.10. The monoisotopic (exact) mass is 245 g/mol. The first-order valence-corrected chi connectivity index (χ1v) is 6.79. The van der Waals surface area contributed by atoms with Crippen molar-refractivity contribution in [3.05, 3.63) is 0 Å². The fourth-order valence-electron chi connectivity index (χ4n) is 2.48. The minimum Gasteiger partial charge on any atom is -0.303 e. The van der Waals surface area contributed by atoms with Gasteiger partial charge in [-0.15, -0.1) is 0 Å². The zero-order valence-electron chi connectivity index (χ0n) is 8.34. The second-order valence-corrected chi connectivity index (χ2v) is 5.37. The van der Waals surface area contributed by atoms with Crippen LogP contribution in [0.25, 0.3) is 0 Å². The summed E-state index contributed by atoms with van der Waals surface area (Å²) in [7, 11) is 0. The lowest BCUT2D eigenvalue weighted by molar-refractivity contribution is 0.131. The van der Waals surface area contributed by atoms with Gasteiger partial charge in [-0.1, -0.05) is 22.4 Å². The molecule has 13 heavy (non-hydrogen) atoms. The van der Waals surface area contributed by atoms with E-state index in [-0.39, 0.29) is 0 Å². The lowest BCUT2D eigenvalue weighted by Gasteiger charge is -2.37. The summed E-state index contributed by atoms with van der Waals surface area (Å²) in [6, 6.07) is 0. The Morgan fingerprint density at radius 3 is 2.46 bits per heavy atom. The van der Waals surface area contributed by atoms with E-state index in [0.29, 0.717) is 0 Å². The first kappa shape index (κ1) is 9.97. The van der Waals surface area contributed by atoms with Crippen molar-refractivity contribution >= 4 is 15.9 Å². The highest BCUT2D eigenvalue weighted by atomic mass is 79.9. The highest BCUT2D eigenvalue weighted by Crippen LogP contribution is 2.28. The Bertz CT molecular complexity index is 154. The van der Waals surface area contributed by atoms with Crippen molar-refractivity contribution in [3.8, 4) is 0 Å². The maximum atomic E-state index is 3.61. The summed E-state index contributed by atoms with van der Waals surface area (Å²) in [6.07, 6.45) is 7.33. The van der Waals surface area contributed by atoms with Crippen LogP contribution in [0.4, 0.5) is 0 Å². The number of nitrogens with zero attached hydrogens (tertiary/aromatic N) is 1. The highest BCUT2D eigenvalue weighted by Gasteiger charge is 2.24. The van der Waals surface area contributed by atoms with E-state index in [2.05, 4.69) is 20.8 Å². The lowest BCUT2D eigenvalue weighted by atomic mass is 9.84. The minimum absolute atomic E-state index is 0.925. The smallest absolute Gasteiger partial charge is 0.00718 e. The molecule has 1 saturated heterocycles. The molecule has 76 valence electrons. The van der Waals surface area contributed by atoms with Crippen LogP contribution in [-0.2, 0) is 0 Å². The van der Waals surface area contributed by atoms with Gasteiger partial charge in [-0.3, -0.25) is 0 Å². The zero-order chi connectivity index (χ0) is 9.10. The van der Waals surface area contributed by atoms with Crippen LogP contribution in [0.15, 0.2) is 0 Å². The van der Waals surface area contributed by atoms with Gasteiger partial charge >= 0.3 is 0 Å². The maximum absolute atomic E-state index is 3.61. The van der Waals surface area contributed by atoms with Crippen LogP contribution < -0.4 is 0 Å². The molecule has 1 heterocycles. The normalized spacial score (nSPS) is 31.6. The average Bonchev–Trinajstić information content (AvgIpc) is 2.12. The van der Waals surface area contributed by atoms with Crippen LogP contribution >= 0.6 is 15.9 Å². The van der Waals surface area contributed by atoms with Gasteiger partial charge in [-0.25, -0.2) is 0 Å². The molecule has 0 aromatic rings. The number of hydrogen-bond acceptors (Lipinski definition) is 1. The standard InChI is InChI=1S/C11H20BrN/c12-7-11-5-2-6-13(9-11)8-10-3-1-4-10/h10-11H,1-9H2. The van der Waals surface area contributed by atoms with Gasteiger partial charge in [0.2, 0.25) is 0 Å². The molecule has 2 rings (SSSR count). The summed E-state index contributed by atoms with van der Waals surface area (Å²) in [4.78, 5) is 2.69. The molecular weight excluding hydrogens is 226 g/mol. The second kappa shape index (κ2) is 4.79. The van der Waals surface area contributed by atoms with Gasteiger partial charge in [0.25, 0.3) is 0 Å². The van der Waals surface area contributed by atoms with Crippen LogP contribution in [-0.4, -0.2) is 29.9 Å².